The molecule has 1 N–H and O–H groups in total. The van der Waals surface area contributed by atoms with E-state index >= 15 is 0 Å². The Hall–Kier alpha value is -2.88. The summed E-state index contributed by atoms with van der Waals surface area (Å²) in [7, 11) is 0. The quantitative estimate of drug-likeness (QED) is 0.216. The summed E-state index contributed by atoms with van der Waals surface area (Å²) in [5.41, 5.74) is 4.59. The van der Waals surface area contributed by atoms with Gasteiger partial charge >= 0.3 is 5.97 Å². The molecule has 4 aromatic rings. The minimum Gasteiger partial charge on any atom is -0.427 e. The number of pyridine rings is 1. The summed E-state index contributed by atoms with van der Waals surface area (Å²) in [5.74, 6) is 0.462. The summed E-state index contributed by atoms with van der Waals surface area (Å²) in [4.78, 5) is 20.1. The first-order valence-electron chi connectivity index (χ1n) is 10.6. The molecule has 0 spiro atoms. The molecule has 0 aliphatic heterocycles. The van der Waals surface area contributed by atoms with E-state index < -0.39 is 0 Å². The van der Waals surface area contributed by atoms with Crippen molar-refractivity contribution in [2.45, 2.75) is 59.3 Å². The summed E-state index contributed by atoms with van der Waals surface area (Å²) in [6, 6.07) is 7.92. The number of fused-ring (bicyclic) bond motifs is 4. The number of aromatic amines is 1. The first-order chi connectivity index (χ1) is 14.1. The summed E-state index contributed by atoms with van der Waals surface area (Å²) < 4.78 is 5.64. The predicted octanol–water partition coefficient (Wildman–Crippen LogP) is 6.75. The van der Waals surface area contributed by atoms with Crippen LogP contribution in [0.3, 0.4) is 0 Å². The molecule has 0 aliphatic carbocycles. The summed E-state index contributed by atoms with van der Waals surface area (Å²) in [5, 5.41) is 4.63. The van der Waals surface area contributed by atoms with Crippen molar-refractivity contribution in [2.24, 2.45) is 0 Å². The van der Waals surface area contributed by atoms with Crippen LogP contribution < -0.4 is 4.74 Å². The van der Waals surface area contributed by atoms with Gasteiger partial charge in [0, 0.05) is 40.5 Å². The Labute approximate surface area is 171 Å². The Balaban J connectivity index is 1.65. The van der Waals surface area contributed by atoms with Crippen molar-refractivity contribution in [3.63, 3.8) is 0 Å². The number of rotatable bonds is 7. The molecule has 2 aromatic carbocycles. The number of ether oxygens (including phenoxy) is 1. The minimum atomic E-state index is -0.150. The number of carbonyl (C=O) groups is 1. The van der Waals surface area contributed by atoms with Gasteiger partial charge in [0.25, 0.3) is 0 Å². The molecule has 4 heteroatoms. The Bertz CT molecular complexity index is 1190. The molecule has 4 nitrogen and oxygen atoms in total. The van der Waals surface area contributed by atoms with E-state index in [-0.39, 0.29) is 5.97 Å². The van der Waals surface area contributed by atoms with Gasteiger partial charge in [0.2, 0.25) is 0 Å². The van der Waals surface area contributed by atoms with E-state index in [0.717, 1.165) is 34.6 Å². The fourth-order valence-corrected chi connectivity index (χ4v) is 4.25. The van der Waals surface area contributed by atoms with E-state index in [1.807, 2.05) is 30.6 Å². The maximum atomic E-state index is 12.2. The maximum Gasteiger partial charge on any atom is 0.311 e. The SMILES string of the molecule is CCCCCCCC(=O)Oc1ccc2[nH]c3c(C)c4ccncc4c(C)c3c2c1. The number of benzene rings is 2. The lowest BCUT2D eigenvalue weighted by Gasteiger charge is -2.08. The number of esters is 1. The second-order valence-electron chi connectivity index (χ2n) is 7.89. The topological polar surface area (TPSA) is 55.0 Å². The van der Waals surface area contributed by atoms with Gasteiger partial charge in [-0.2, -0.15) is 0 Å². The van der Waals surface area contributed by atoms with Gasteiger partial charge < -0.3 is 9.72 Å². The van der Waals surface area contributed by atoms with Crippen LogP contribution in [-0.4, -0.2) is 15.9 Å². The number of unbranched alkanes of at least 4 members (excludes halogenated alkanes) is 4. The predicted molar refractivity (Wildman–Crippen MR) is 120 cm³/mol. The van der Waals surface area contributed by atoms with Crippen molar-refractivity contribution in [2.75, 3.05) is 0 Å². The van der Waals surface area contributed by atoms with E-state index in [1.165, 1.54) is 41.2 Å². The van der Waals surface area contributed by atoms with Crippen LogP contribution in [0, 0.1) is 13.8 Å². The van der Waals surface area contributed by atoms with E-state index in [1.54, 1.807) is 0 Å². The second-order valence-corrected chi connectivity index (χ2v) is 7.89. The van der Waals surface area contributed by atoms with Crippen LogP contribution in [0.4, 0.5) is 0 Å². The molecule has 4 rings (SSSR count). The Morgan fingerprint density at radius 3 is 2.66 bits per heavy atom. The Morgan fingerprint density at radius 1 is 1.00 bits per heavy atom. The van der Waals surface area contributed by atoms with Crippen LogP contribution >= 0.6 is 0 Å². The molecule has 2 heterocycles. The second kappa shape index (κ2) is 8.24. The molecule has 0 aliphatic rings. The van der Waals surface area contributed by atoms with Crippen LogP contribution in [0.1, 0.15) is 56.6 Å². The molecule has 0 atom stereocenters. The lowest BCUT2D eigenvalue weighted by molar-refractivity contribution is -0.134. The molecule has 0 saturated heterocycles. The zero-order valence-electron chi connectivity index (χ0n) is 17.5. The monoisotopic (exact) mass is 388 g/mol. The highest BCUT2D eigenvalue weighted by molar-refractivity contribution is 6.16. The number of hydrogen-bond acceptors (Lipinski definition) is 3. The zero-order chi connectivity index (χ0) is 20.4. The minimum absolute atomic E-state index is 0.150. The highest BCUT2D eigenvalue weighted by atomic mass is 16.5. The molecule has 29 heavy (non-hydrogen) atoms. The van der Waals surface area contributed by atoms with Crippen molar-refractivity contribution in [1.82, 2.24) is 9.97 Å². The van der Waals surface area contributed by atoms with Gasteiger partial charge in [0.1, 0.15) is 5.75 Å². The number of aryl methyl sites for hydroxylation is 2. The van der Waals surface area contributed by atoms with Crippen molar-refractivity contribution in [1.29, 1.82) is 0 Å². The molecule has 0 amide bonds. The fourth-order valence-electron chi connectivity index (χ4n) is 4.25. The van der Waals surface area contributed by atoms with Gasteiger partial charge in [-0.3, -0.25) is 9.78 Å². The molecule has 0 radical (unpaired) electrons. The third-order valence-corrected chi connectivity index (χ3v) is 5.87. The third-order valence-electron chi connectivity index (χ3n) is 5.87. The fraction of sp³-hybridized carbons (Fsp3) is 0.360. The largest absolute Gasteiger partial charge is 0.427 e. The first kappa shape index (κ1) is 19.4. The molecule has 0 bridgehead atoms. The molecule has 0 saturated carbocycles. The lowest BCUT2D eigenvalue weighted by Crippen LogP contribution is -2.07. The highest BCUT2D eigenvalue weighted by Gasteiger charge is 2.15. The average Bonchev–Trinajstić information content (AvgIpc) is 3.11. The highest BCUT2D eigenvalue weighted by Crippen LogP contribution is 2.37. The number of nitrogens with zero attached hydrogens (tertiary/aromatic N) is 1. The summed E-state index contributed by atoms with van der Waals surface area (Å²) in [6.45, 7) is 6.46. The van der Waals surface area contributed by atoms with Gasteiger partial charge in [0.05, 0.1) is 5.52 Å². The van der Waals surface area contributed by atoms with E-state index in [0.29, 0.717) is 12.2 Å². The van der Waals surface area contributed by atoms with Crippen LogP contribution in [0.25, 0.3) is 32.6 Å². The molecule has 2 aromatic heterocycles. The number of nitrogens with one attached hydrogen (secondary N) is 1. The standard InChI is InChI=1S/C25H28N2O2/c1-4-5-6-7-8-9-23(28)29-18-10-11-22-20(14-18)24-16(2)21-15-26-13-12-19(21)17(3)25(24)27-22/h10-15,27H,4-9H2,1-3H3. The van der Waals surface area contributed by atoms with Gasteiger partial charge in [-0.15, -0.1) is 0 Å². The van der Waals surface area contributed by atoms with Crippen LogP contribution in [0.2, 0.25) is 0 Å². The van der Waals surface area contributed by atoms with E-state index in [4.69, 9.17) is 4.74 Å². The molecule has 150 valence electrons. The maximum absolute atomic E-state index is 12.2. The number of hydrogen-bond donors (Lipinski definition) is 1. The van der Waals surface area contributed by atoms with Gasteiger partial charge in [-0.1, -0.05) is 32.6 Å². The first-order valence-corrected chi connectivity index (χ1v) is 10.6. The molecule has 0 fully saturated rings. The Kier molecular flexibility index (Phi) is 5.52. The van der Waals surface area contributed by atoms with Gasteiger partial charge in [-0.25, -0.2) is 0 Å². The van der Waals surface area contributed by atoms with Gasteiger partial charge in [-0.05, 0) is 61.0 Å². The molecular weight excluding hydrogens is 360 g/mol. The summed E-state index contributed by atoms with van der Waals surface area (Å²) >= 11 is 0. The zero-order valence-corrected chi connectivity index (χ0v) is 17.5. The lowest BCUT2D eigenvalue weighted by atomic mass is 9.97. The normalized spacial score (nSPS) is 11.6. The van der Waals surface area contributed by atoms with Crippen LogP contribution in [0.15, 0.2) is 36.7 Å². The van der Waals surface area contributed by atoms with Crippen molar-refractivity contribution < 1.29 is 9.53 Å². The smallest absolute Gasteiger partial charge is 0.311 e. The molecule has 0 unspecified atom stereocenters. The van der Waals surface area contributed by atoms with E-state index in [9.17, 15) is 4.79 Å². The summed E-state index contributed by atoms with van der Waals surface area (Å²) in [6.07, 6.45) is 9.85. The van der Waals surface area contributed by atoms with Crippen LogP contribution in [-0.2, 0) is 4.79 Å². The number of aromatic nitrogens is 2. The van der Waals surface area contributed by atoms with Crippen molar-refractivity contribution in [3.05, 3.63) is 47.8 Å². The number of carbonyl (C=O) groups excluding carboxylic acids is 1. The average molecular weight is 389 g/mol. The molecular formula is C25H28N2O2. The van der Waals surface area contributed by atoms with Gasteiger partial charge in [0.15, 0.2) is 0 Å². The van der Waals surface area contributed by atoms with Crippen LogP contribution in [0.5, 0.6) is 5.75 Å². The third kappa shape index (κ3) is 3.71. The van der Waals surface area contributed by atoms with Crippen molar-refractivity contribution in [3.8, 4) is 5.75 Å². The Morgan fingerprint density at radius 2 is 1.83 bits per heavy atom. The van der Waals surface area contributed by atoms with E-state index in [2.05, 4.69) is 36.8 Å². The van der Waals surface area contributed by atoms with Crippen molar-refractivity contribution >= 4 is 38.5 Å². The number of H-pyrrole nitrogens is 1.